The number of hydrogen-bond acceptors (Lipinski definition) is 3. The van der Waals surface area contributed by atoms with Gasteiger partial charge in [-0.25, -0.2) is 4.68 Å². The molecule has 0 aliphatic rings. The number of aromatic nitrogens is 3. The van der Waals surface area contributed by atoms with Crippen molar-refractivity contribution in [3.8, 4) is 16.9 Å². The highest BCUT2D eigenvalue weighted by Gasteiger charge is 2.11. The molecule has 0 fully saturated rings. The highest BCUT2D eigenvalue weighted by molar-refractivity contribution is 6.30. The molecule has 0 saturated heterocycles. The first-order valence-corrected chi connectivity index (χ1v) is 6.37. The van der Waals surface area contributed by atoms with Crippen LogP contribution in [0.1, 0.15) is 10.4 Å². The van der Waals surface area contributed by atoms with E-state index in [2.05, 4.69) is 10.1 Å². The third kappa shape index (κ3) is 2.33. The van der Waals surface area contributed by atoms with E-state index in [1.165, 1.54) is 0 Å². The van der Waals surface area contributed by atoms with E-state index in [1.54, 1.807) is 35.4 Å². The number of carbonyl (C=O) groups excluding carboxylic acids is 1. The minimum atomic E-state index is 0.521. The molecule has 3 rings (SSSR count). The lowest BCUT2D eigenvalue weighted by molar-refractivity contribution is 0.112. The normalized spacial score (nSPS) is 10.4. The van der Waals surface area contributed by atoms with Gasteiger partial charge in [0.1, 0.15) is 5.69 Å². The van der Waals surface area contributed by atoms with Gasteiger partial charge < -0.3 is 0 Å². The molecule has 0 N–H and O–H groups in total. The van der Waals surface area contributed by atoms with Gasteiger partial charge in [0.15, 0.2) is 6.29 Å². The van der Waals surface area contributed by atoms with Gasteiger partial charge in [0.05, 0.1) is 11.3 Å². The highest BCUT2D eigenvalue weighted by Crippen LogP contribution is 2.22. The predicted octanol–water partition coefficient (Wildman–Crippen LogP) is 3.40. The van der Waals surface area contributed by atoms with E-state index in [0.29, 0.717) is 16.3 Å². The van der Waals surface area contributed by atoms with Gasteiger partial charge in [-0.2, -0.15) is 5.10 Å². The van der Waals surface area contributed by atoms with Crippen molar-refractivity contribution in [3.63, 3.8) is 0 Å². The summed E-state index contributed by atoms with van der Waals surface area (Å²) in [6, 6.07) is 10.9. The zero-order valence-electron chi connectivity index (χ0n) is 10.4. The van der Waals surface area contributed by atoms with Crippen molar-refractivity contribution in [2.75, 3.05) is 0 Å². The van der Waals surface area contributed by atoms with Crippen LogP contribution < -0.4 is 0 Å². The average molecular weight is 284 g/mol. The van der Waals surface area contributed by atoms with E-state index < -0.39 is 0 Å². The molecule has 20 heavy (non-hydrogen) atoms. The fourth-order valence-corrected chi connectivity index (χ4v) is 2.05. The summed E-state index contributed by atoms with van der Waals surface area (Å²) in [5, 5.41) is 5.11. The number of nitrogens with zero attached hydrogens (tertiary/aromatic N) is 3. The van der Waals surface area contributed by atoms with Crippen molar-refractivity contribution in [3.05, 3.63) is 65.6 Å². The van der Waals surface area contributed by atoms with Crippen LogP contribution in [0.25, 0.3) is 16.9 Å². The number of hydrogen-bond donors (Lipinski definition) is 0. The Kier molecular flexibility index (Phi) is 3.31. The summed E-state index contributed by atoms with van der Waals surface area (Å²) in [5.41, 5.74) is 2.78. The van der Waals surface area contributed by atoms with Gasteiger partial charge in [-0.15, -0.1) is 0 Å². The van der Waals surface area contributed by atoms with E-state index >= 15 is 0 Å². The van der Waals surface area contributed by atoms with Crippen LogP contribution in [0.4, 0.5) is 0 Å². The lowest BCUT2D eigenvalue weighted by atomic mass is 10.1. The first-order chi connectivity index (χ1) is 9.78. The molecule has 3 aromatic rings. The quantitative estimate of drug-likeness (QED) is 0.692. The molecule has 0 spiro atoms. The molecule has 0 bridgehead atoms. The van der Waals surface area contributed by atoms with Crippen molar-refractivity contribution in [2.24, 2.45) is 0 Å². The van der Waals surface area contributed by atoms with E-state index in [9.17, 15) is 4.79 Å². The van der Waals surface area contributed by atoms with E-state index in [1.807, 2.05) is 24.3 Å². The zero-order valence-corrected chi connectivity index (χ0v) is 11.2. The van der Waals surface area contributed by atoms with Crippen LogP contribution in [0, 0.1) is 0 Å². The van der Waals surface area contributed by atoms with Crippen molar-refractivity contribution in [2.45, 2.75) is 0 Å². The lowest BCUT2D eigenvalue weighted by Gasteiger charge is -2.00. The number of carbonyl (C=O) groups is 1. The van der Waals surface area contributed by atoms with Gasteiger partial charge in [-0.05, 0) is 36.4 Å². The molecular formula is C15H10ClN3O. The van der Waals surface area contributed by atoms with Gasteiger partial charge in [-0.1, -0.05) is 11.6 Å². The minimum Gasteiger partial charge on any atom is -0.298 e. The molecule has 0 amide bonds. The Balaban J connectivity index is 2.09. The summed E-state index contributed by atoms with van der Waals surface area (Å²) in [7, 11) is 0. The van der Waals surface area contributed by atoms with Gasteiger partial charge in [0, 0.05) is 29.2 Å². The molecule has 98 valence electrons. The van der Waals surface area contributed by atoms with Crippen LogP contribution in [0.15, 0.2) is 55.0 Å². The molecule has 2 aromatic heterocycles. The fourth-order valence-electron chi connectivity index (χ4n) is 1.93. The Morgan fingerprint density at radius 2 is 1.95 bits per heavy atom. The average Bonchev–Trinajstić information content (AvgIpc) is 2.93. The molecule has 0 atom stereocenters. The maximum Gasteiger partial charge on any atom is 0.153 e. The van der Waals surface area contributed by atoms with E-state index in [0.717, 1.165) is 17.5 Å². The summed E-state index contributed by atoms with van der Waals surface area (Å²) in [5.74, 6) is 0. The largest absolute Gasteiger partial charge is 0.298 e. The van der Waals surface area contributed by atoms with E-state index in [4.69, 9.17) is 11.6 Å². The number of rotatable bonds is 3. The molecule has 2 heterocycles. The Morgan fingerprint density at radius 3 is 2.60 bits per heavy atom. The highest BCUT2D eigenvalue weighted by atomic mass is 35.5. The summed E-state index contributed by atoms with van der Waals surface area (Å²) >= 11 is 5.86. The van der Waals surface area contributed by atoms with Gasteiger partial charge in [0.2, 0.25) is 0 Å². The third-order valence-electron chi connectivity index (χ3n) is 2.90. The Morgan fingerprint density at radius 1 is 1.15 bits per heavy atom. The van der Waals surface area contributed by atoms with Crippen molar-refractivity contribution in [1.29, 1.82) is 0 Å². The topological polar surface area (TPSA) is 47.8 Å². The number of pyridine rings is 1. The summed E-state index contributed by atoms with van der Waals surface area (Å²) < 4.78 is 1.66. The molecule has 4 nitrogen and oxygen atoms in total. The maximum atomic E-state index is 11.2. The molecule has 0 radical (unpaired) electrons. The van der Waals surface area contributed by atoms with Crippen LogP contribution >= 0.6 is 11.6 Å². The van der Waals surface area contributed by atoms with Gasteiger partial charge >= 0.3 is 0 Å². The maximum absolute atomic E-state index is 11.2. The monoisotopic (exact) mass is 283 g/mol. The van der Waals surface area contributed by atoms with Crippen LogP contribution in [-0.2, 0) is 0 Å². The van der Waals surface area contributed by atoms with Gasteiger partial charge in [-0.3, -0.25) is 9.78 Å². The molecule has 1 aromatic carbocycles. The molecule has 0 unspecified atom stereocenters. The predicted molar refractivity (Wildman–Crippen MR) is 77.2 cm³/mol. The minimum absolute atomic E-state index is 0.521. The molecule has 0 saturated carbocycles. The Labute approximate surface area is 120 Å². The fraction of sp³-hybridized carbons (Fsp3) is 0. The third-order valence-corrected chi connectivity index (χ3v) is 3.15. The van der Waals surface area contributed by atoms with Crippen LogP contribution in [0.5, 0.6) is 0 Å². The van der Waals surface area contributed by atoms with Crippen molar-refractivity contribution >= 4 is 17.9 Å². The van der Waals surface area contributed by atoms with Crippen LogP contribution in [0.2, 0.25) is 5.02 Å². The van der Waals surface area contributed by atoms with E-state index in [-0.39, 0.29) is 0 Å². The Hall–Kier alpha value is -2.46. The van der Waals surface area contributed by atoms with Crippen molar-refractivity contribution in [1.82, 2.24) is 14.8 Å². The first kappa shape index (κ1) is 12.6. The van der Waals surface area contributed by atoms with Crippen LogP contribution in [0.3, 0.4) is 0 Å². The number of benzene rings is 1. The summed E-state index contributed by atoms with van der Waals surface area (Å²) in [6.45, 7) is 0. The zero-order chi connectivity index (χ0) is 13.9. The summed E-state index contributed by atoms with van der Waals surface area (Å²) in [4.78, 5) is 15.3. The number of halogens is 1. The van der Waals surface area contributed by atoms with Crippen LogP contribution in [-0.4, -0.2) is 21.1 Å². The number of aldehydes is 1. The second kappa shape index (κ2) is 5.27. The molecule has 0 aliphatic heterocycles. The molecule has 0 aliphatic carbocycles. The molecule has 5 heteroatoms. The second-order valence-corrected chi connectivity index (χ2v) is 4.65. The molecular weight excluding hydrogens is 274 g/mol. The van der Waals surface area contributed by atoms with Crippen molar-refractivity contribution < 1.29 is 4.79 Å². The summed E-state index contributed by atoms with van der Waals surface area (Å²) in [6.07, 6.45) is 5.85. The Bertz CT molecular complexity index is 736. The smallest absolute Gasteiger partial charge is 0.153 e. The second-order valence-electron chi connectivity index (χ2n) is 4.21. The SMILES string of the molecule is O=Cc1cn(-c2ccc(Cl)cc2)nc1-c1cccnc1. The lowest BCUT2D eigenvalue weighted by Crippen LogP contribution is -1.94. The first-order valence-electron chi connectivity index (χ1n) is 5.99. The standard InChI is InChI=1S/C15H10ClN3O/c16-13-3-5-14(6-4-13)19-9-12(10-20)15(18-19)11-2-1-7-17-8-11/h1-10H. The van der Waals surface area contributed by atoms with Gasteiger partial charge in [0.25, 0.3) is 0 Å².